The number of carbonyl (C=O) groups excluding carboxylic acids is 1. The Kier molecular flexibility index (Phi) is 6.18. The van der Waals surface area contributed by atoms with Gasteiger partial charge in [-0.15, -0.1) is 0 Å². The van der Waals surface area contributed by atoms with E-state index in [2.05, 4.69) is 16.8 Å². The van der Waals surface area contributed by atoms with E-state index >= 15 is 0 Å². The fourth-order valence-electron chi connectivity index (χ4n) is 3.89. The largest absolute Gasteiger partial charge is 0.368 e. The number of amides is 1. The van der Waals surface area contributed by atoms with Gasteiger partial charge in [0.2, 0.25) is 5.91 Å². The first-order valence-electron chi connectivity index (χ1n) is 9.19. The summed E-state index contributed by atoms with van der Waals surface area (Å²) < 4.78 is 13.3. The Balaban J connectivity index is 1.45. The van der Waals surface area contributed by atoms with Crippen molar-refractivity contribution in [3.05, 3.63) is 29.0 Å². The summed E-state index contributed by atoms with van der Waals surface area (Å²) in [5.41, 5.74) is 0.920. The molecule has 1 atom stereocenters. The molecule has 138 valence electrons. The molecule has 0 radical (unpaired) electrons. The highest BCUT2D eigenvalue weighted by Gasteiger charge is 2.23. The number of hydrogen-bond acceptors (Lipinski definition) is 3. The smallest absolute Gasteiger partial charge is 0.222 e. The van der Waals surface area contributed by atoms with E-state index in [0.29, 0.717) is 12.3 Å². The quantitative estimate of drug-likeness (QED) is 0.817. The van der Waals surface area contributed by atoms with Crippen molar-refractivity contribution < 1.29 is 9.18 Å². The lowest BCUT2D eigenvalue weighted by Gasteiger charge is -2.36. The van der Waals surface area contributed by atoms with Gasteiger partial charge in [-0.25, -0.2) is 4.39 Å². The Hall–Kier alpha value is -1.33. The molecule has 0 saturated carbocycles. The number of rotatable bonds is 4. The van der Waals surface area contributed by atoms with Gasteiger partial charge in [0.25, 0.3) is 0 Å². The standard InChI is InChI=1S/C19H27ClFN3O/c1-22-8-2-3-15(14-22)4-7-19(25)24-11-9-23(10-12-24)16-5-6-18(21)17(20)13-16/h5-6,13,15H,2-4,7-12,14H2,1H3/t15-/m0/s1. The van der Waals surface area contributed by atoms with Crippen LogP contribution in [0.5, 0.6) is 0 Å². The number of carbonyl (C=O) groups is 1. The zero-order valence-corrected chi connectivity index (χ0v) is 15.6. The van der Waals surface area contributed by atoms with Crippen molar-refractivity contribution in [2.24, 2.45) is 5.92 Å². The molecule has 25 heavy (non-hydrogen) atoms. The third-order valence-corrected chi connectivity index (χ3v) is 5.68. The molecule has 0 spiro atoms. The second-order valence-corrected chi connectivity index (χ2v) is 7.68. The molecule has 4 nitrogen and oxygen atoms in total. The first-order valence-corrected chi connectivity index (χ1v) is 9.57. The van der Waals surface area contributed by atoms with Crippen LogP contribution in [0, 0.1) is 11.7 Å². The average Bonchev–Trinajstić information content (AvgIpc) is 2.62. The number of hydrogen-bond donors (Lipinski definition) is 0. The molecule has 0 unspecified atom stereocenters. The van der Waals surface area contributed by atoms with Crippen LogP contribution in [0.25, 0.3) is 0 Å². The Bertz CT molecular complexity index is 604. The topological polar surface area (TPSA) is 26.8 Å². The fourth-order valence-corrected chi connectivity index (χ4v) is 4.07. The van der Waals surface area contributed by atoms with Crippen molar-refractivity contribution in [3.63, 3.8) is 0 Å². The summed E-state index contributed by atoms with van der Waals surface area (Å²) in [6.07, 6.45) is 4.14. The maximum atomic E-state index is 13.3. The van der Waals surface area contributed by atoms with Gasteiger partial charge >= 0.3 is 0 Å². The lowest BCUT2D eigenvalue weighted by molar-refractivity contribution is -0.131. The number of piperidine rings is 1. The Labute approximate surface area is 154 Å². The molecule has 0 N–H and O–H groups in total. The van der Waals surface area contributed by atoms with Gasteiger partial charge < -0.3 is 14.7 Å². The minimum absolute atomic E-state index is 0.147. The summed E-state index contributed by atoms with van der Waals surface area (Å²) >= 11 is 5.87. The fraction of sp³-hybridized carbons (Fsp3) is 0.632. The third-order valence-electron chi connectivity index (χ3n) is 5.39. The van der Waals surface area contributed by atoms with Crippen LogP contribution in [0.2, 0.25) is 5.02 Å². The lowest BCUT2D eigenvalue weighted by Crippen LogP contribution is -2.49. The van der Waals surface area contributed by atoms with Crippen LogP contribution in [-0.2, 0) is 4.79 Å². The second kappa shape index (κ2) is 8.37. The van der Waals surface area contributed by atoms with Crippen LogP contribution in [0.15, 0.2) is 18.2 Å². The lowest BCUT2D eigenvalue weighted by atomic mass is 9.93. The molecule has 1 amide bonds. The third kappa shape index (κ3) is 4.85. The number of halogens is 2. The number of anilines is 1. The van der Waals surface area contributed by atoms with Crippen LogP contribution < -0.4 is 4.90 Å². The van der Waals surface area contributed by atoms with E-state index in [1.807, 2.05) is 4.90 Å². The van der Waals surface area contributed by atoms with E-state index in [-0.39, 0.29) is 10.9 Å². The summed E-state index contributed by atoms with van der Waals surface area (Å²) in [6.45, 7) is 5.27. The van der Waals surface area contributed by atoms with Crippen LogP contribution in [0.1, 0.15) is 25.7 Å². The van der Waals surface area contributed by atoms with Gasteiger partial charge in [-0.3, -0.25) is 4.79 Å². The highest BCUT2D eigenvalue weighted by Crippen LogP contribution is 2.24. The zero-order chi connectivity index (χ0) is 17.8. The maximum Gasteiger partial charge on any atom is 0.222 e. The van der Waals surface area contributed by atoms with Crippen molar-refractivity contribution in [2.45, 2.75) is 25.7 Å². The molecule has 1 aromatic rings. The average molecular weight is 368 g/mol. The Morgan fingerprint density at radius 1 is 1.24 bits per heavy atom. The van der Waals surface area contributed by atoms with E-state index in [1.54, 1.807) is 12.1 Å². The van der Waals surface area contributed by atoms with Gasteiger partial charge in [-0.05, 0) is 57.0 Å². The zero-order valence-electron chi connectivity index (χ0n) is 14.9. The van der Waals surface area contributed by atoms with Gasteiger partial charge in [0.15, 0.2) is 0 Å². The van der Waals surface area contributed by atoms with Crippen molar-refractivity contribution in [1.29, 1.82) is 0 Å². The molecule has 0 aliphatic carbocycles. The summed E-state index contributed by atoms with van der Waals surface area (Å²) in [4.78, 5) is 19.0. The molecule has 2 aliphatic rings. The van der Waals surface area contributed by atoms with E-state index in [1.165, 1.54) is 25.5 Å². The van der Waals surface area contributed by atoms with Crippen molar-refractivity contribution in [1.82, 2.24) is 9.80 Å². The number of likely N-dealkylation sites (tertiary alicyclic amines) is 1. The van der Waals surface area contributed by atoms with Gasteiger partial charge in [0, 0.05) is 44.8 Å². The van der Waals surface area contributed by atoms with E-state index < -0.39 is 5.82 Å². The summed E-state index contributed by atoms with van der Waals surface area (Å²) in [6, 6.07) is 4.81. The second-order valence-electron chi connectivity index (χ2n) is 7.28. The minimum atomic E-state index is -0.396. The SMILES string of the molecule is CN1CCC[C@@H](CCC(=O)N2CCN(c3ccc(F)c(Cl)c3)CC2)C1. The van der Waals surface area contributed by atoms with Crippen LogP contribution in [0.4, 0.5) is 10.1 Å². The molecule has 6 heteroatoms. The predicted octanol–water partition coefficient (Wildman–Crippen LogP) is 3.25. The first-order chi connectivity index (χ1) is 12.0. The molecule has 0 aromatic heterocycles. The maximum absolute atomic E-state index is 13.3. The van der Waals surface area contributed by atoms with Crippen molar-refractivity contribution >= 4 is 23.2 Å². The Morgan fingerprint density at radius 3 is 2.68 bits per heavy atom. The molecular weight excluding hydrogens is 341 g/mol. The molecule has 1 aromatic carbocycles. The Morgan fingerprint density at radius 2 is 2.00 bits per heavy atom. The highest BCUT2D eigenvalue weighted by atomic mass is 35.5. The molecule has 0 bridgehead atoms. The number of benzene rings is 1. The van der Waals surface area contributed by atoms with E-state index in [0.717, 1.165) is 44.8 Å². The van der Waals surface area contributed by atoms with Gasteiger partial charge in [-0.2, -0.15) is 0 Å². The molecule has 2 heterocycles. The van der Waals surface area contributed by atoms with Gasteiger partial charge in [-0.1, -0.05) is 11.6 Å². The molecule has 3 rings (SSSR count). The normalized spacial score (nSPS) is 22.3. The monoisotopic (exact) mass is 367 g/mol. The van der Waals surface area contributed by atoms with Crippen LogP contribution in [0.3, 0.4) is 0 Å². The van der Waals surface area contributed by atoms with Crippen LogP contribution in [-0.4, -0.2) is 62.0 Å². The minimum Gasteiger partial charge on any atom is -0.368 e. The van der Waals surface area contributed by atoms with E-state index in [4.69, 9.17) is 11.6 Å². The number of nitrogens with zero attached hydrogens (tertiary/aromatic N) is 3. The van der Waals surface area contributed by atoms with Crippen molar-refractivity contribution in [3.8, 4) is 0 Å². The first kappa shape index (κ1) is 18.5. The molecular formula is C19H27ClFN3O. The molecule has 2 aliphatic heterocycles. The summed E-state index contributed by atoms with van der Waals surface area (Å²) in [7, 11) is 2.16. The van der Waals surface area contributed by atoms with Crippen LogP contribution >= 0.6 is 11.6 Å². The molecule has 2 saturated heterocycles. The van der Waals surface area contributed by atoms with Crippen molar-refractivity contribution in [2.75, 3.05) is 51.2 Å². The number of piperazine rings is 1. The van der Waals surface area contributed by atoms with E-state index in [9.17, 15) is 9.18 Å². The highest BCUT2D eigenvalue weighted by molar-refractivity contribution is 6.31. The summed E-state index contributed by atoms with van der Waals surface area (Å²) in [5, 5.41) is 0.147. The van der Waals surface area contributed by atoms with Gasteiger partial charge in [0.1, 0.15) is 5.82 Å². The molecule has 2 fully saturated rings. The van der Waals surface area contributed by atoms with Gasteiger partial charge in [0.05, 0.1) is 5.02 Å². The summed E-state index contributed by atoms with van der Waals surface area (Å²) in [5.74, 6) is 0.531. The predicted molar refractivity (Wildman–Crippen MR) is 99.7 cm³/mol.